The molecule has 4 rings (SSSR count). The summed E-state index contributed by atoms with van der Waals surface area (Å²) in [5, 5.41) is 41.6. The number of aliphatic hydroxyl groups excluding tert-OH is 1. The van der Waals surface area contributed by atoms with Crippen LogP contribution in [-0.4, -0.2) is 63.5 Å². The average molecular weight is 461 g/mol. The number of ether oxygens (including phenoxy) is 1. The molecule has 1 heterocycles. The molecule has 5 atom stereocenters. The van der Waals surface area contributed by atoms with E-state index in [1.165, 1.54) is 17.0 Å². The first kappa shape index (κ1) is 22.3. The van der Waals surface area contributed by atoms with E-state index < -0.39 is 57.9 Å². The van der Waals surface area contributed by atoms with Crippen LogP contribution in [0.3, 0.4) is 0 Å². The molecule has 0 spiro atoms. The van der Waals surface area contributed by atoms with Crippen molar-refractivity contribution < 1.29 is 34.4 Å². The van der Waals surface area contributed by atoms with Crippen LogP contribution in [0.2, 0.25) is 5.02 Å². The number of cyclic esters (lactones) is 1. The minimum atomic E-state index is -2.42. The maximum atomic E-state index is 13.2. The largest absolute Gasteiger partial charge is 0.507 e. The van der Waals surface area contributed by atoms with Crippen LogP contribution in [0.1, 0.15) is 35.7 Å². The molecule has 10 heteroatoms. The number of fused-ring (bicyclic) bond motifs is 2. The van der Waals surface area contributed by atoms with Gasteiger partial charge in [0.25, 0.3) is 0 Å². The quantitative estimate of drug-likeness (QED) is 0.559. The minimum Gasteiger partial charge on any atom is -0.507 e. The Kier molecular flexibility index (Phi) is 4.90. The first-order valence-electron chi connectivity index (χ1n) is 9.94. The van der Waals surface area contributed by atoms with Crippen molar-refractivity contribution in [2.24, 2.45) is 11.8 Å². The third-order valence-electron chi connectivity index (χ3n) is 7.01. The number of phenols is 1. The van der Waals surface area contributed by atoms with Crippen LogP contribution in [0, 0.1) is 23.2 Å². The summed E-state index contributed by atoms with van der Waals surface area (Å²) in [6, 6.07) is 3.21. The zero-order chi connectivity index (χ0) is 23.7. The van der Waals surface area contributed by atoms with Crippen molar-refractivity contribution in [2.45, 2.75) is 37.0 Å². The van der Waals surface area contributed by atoms with Crippen LogP contribution < -0.4 is 0 Å². The van der Waals surface area contributed by atoms with Crippen molar-refractivity contribution >= 4 is 29.1 Å². The molecule has 1 aliphatic heterocycles. The van der Waals surface area contributed by atoms with Crippen LogP contribution >= 0.6 is 11.6 Å². The second-order valence-corrected chi connectivity index (χ2v) is 9.26. The Balaban J connectivity index is 1.86. The zero-order valence-electron chi connectivity index (χ0n) is 17.5. The second-order valence-electron chi connectivity index (χ2n) is 8.85. The molecule has 0 unspecified atom stereocenters. The third-order valence-corrected chi connectivity index (χ3v) is 7.33. The summed E-state index contributed by atoms with van der Waals surface area (Å²) in [4.78, 5) is 40.2. The number of hydrogen-bond donors (Lipinski definition) is 3. The van der Waals surface area contributed by atoms with E-state index in [2.05, 4.69) is 0 Å². The number of nitriles is 1. The van der Waals surface area contributed by atoms with E-state index in [4.69, 9.17) is 16.3 Å². The Morgan fingerprint density at radius 2 is 1.91 bits per heavy atom. The number of phenolic OH excluding ortho intramolecular Hbond substituents is 1. The molecule has 9 nitrogen and oxygen atoms in total. The van der Waals surface area contributed by atoms with Crippen molar-refractivity contribution in [1.29, 1.82) is 5.26 Å². The van der Waals surface area contributed by atoms with Crippen LogP contribution in [0.25, 0.3) is 0 Å². The van der Waals surface area contributed by atoms with Crippen molar-refractivity contribution in [3.8, 4) is 11.8 Å². The highest BCUT2D eigenvalue weighted by molar-refractivity contribution is 6.32. The fourth-order valence-electron chi connectivity index (χ4n) is 5.41. The molecule has 3 N–H and O–H groups in total. The summed E-state index contributed by atoms with van der Waals surface area (Å²) >= 11 is 6.35. The number of halogens is 1. The number of likely N-dealkylation sites (N-methyl/N-ethyl adjacent to an activating group) is 1. The number of aliphatic hydroxyl groups is 2. The SMILES string of the molecule is CN(C)[C@@H]1C(=O)C(C#N)=C(O)[C@@]2(O)C(=O)C[C@@H]([C@]3(C)OC(=O)c4c(O)ccc(Cl)c43)C[C@@H]12. The van der Waals surface area contributed by atoms with Gasteiger partial charge in [-0.2, -0.15) is 5.26 Å². The molecule has 32 heavy (non-hydrogen) atoms. The number of rotatable bonds is 2. The van der Waals surface area contributed by atoms with Crippen LogP contribution in [0.4, 0.5) is 0 Å². The van der Waals surface area contributed by atoms with Gasteiger partial charge < -0.3 is 20.1 Å². The van der Waals surface area contributed by atoms with Gasteiger partial charge in [0.2, 0.25) is 0 Å². The molecule has 1 fully saturated rings. The predicted molar refractivity (Wildman–Crippen MR) is 110 cm³/mol. The molecule has 1 aromatic carbocycles. The maximum Gasteiger partial charge on any atom is 0.343 e. The molecule has 0 saturated heterocycles. The highest BCUT2D eigenvalue weighted by Crippen LogP contribution is 2.55. The predicted octanol–water partition coefficient (Wildman–Crippen LogP) is 1.61. The third kappa shape index (κ3) is 2.67. The Bertz CT molecular complexity index is 1150. The van der Waals surface area contributed by atoms with Gasteiger partial charge >= 0.3 is 5.97 Å². The molecule has 0 amide bonds. The van der Waals surface area contributed by atoms with E-state index in [0.29, 0.717) is 0 Å². The number of benzene rings is 1. The van der Waals surface area contributed by atoms with Crippen LogP contribution in [0.5, 0.6) is 5.75 Å². The second kappa shape index (κ2) is 7.04. The van der Waals surface area contributed by atoms with Gasteiger partial charge in [0, 0.05) is 28.8 Å². The standard InChI is InChI=1S/C22H21ClN2O7/c1-21(16-12(23)4-5-13(26)15(16)20(30)32-21)9-6-11-17(25(2)3)18(28)10(8-24)19(29)22(11,31)14(27)7-9/h4-5,9,11,17,26,29,31H,6-7H2,1-3H3/t9-,11-,17-,21-,22-/m0/s1. The van der Waals surface area contributed by atoms with Gasteiger partial charge in [-0.05, 0) is 39.6 Å². The summed E-state index contributed by atoms with van der Waals surface area (Å²) in [6.07, 6.45) is -0.325. The molecule has 3 aliphatic rings. The van der Waals surface area contributed by atoms with Crippen molar-refractivity contribution in [3.63, 3.8) is 0 Å². The fraction of sp³-hybridized carbons (Fsp3) is 0.455. The molecular weight excluding hydrogens is 440 g/mol. The highest BCUT2D eigenvalue weighted by atomic mass is 35.5. The summed E-state index contributed by atoms with van der Waals surface area (Å²) in [6.45, 7) is 1.57. The van der Waals surface area contributed by atoms with E-state index in [1.807, 2.05) is 0 Å². The number of ketones is 2. The number of Topliss-reactive ketones (excluding diaryl/α,β-unsaturated/α-hetero) is 2. The lowest BCUT2D eigenvalue weighted by molar-refractivity contribution is -0.166. The number of carbonyl (C=O) groups excluding carboxylic acids is 3. The van der Waals surface area contributed by atoms with Crippen LogP contribution in [0.15, 0.2) is 23.5 Å². The Morgan fingerprint density at radius 1 is 1.25 bits per heavy atom. The Morgan fingerprint density at radius 3 is 2.50 bits per heavy atom. The van der Waals surface area contributed by atoms with E-state index >= 15 is 0 Å². The van der Waals surface area contributed by atoms with E-state index in [9.17, 15) is 35.0 Å². The van der Waals surface area contributed by atoms with Gasteiger partial charge in [-0.1, -0.05) is 11.6 Å². The summed E-state index contributed by atoms with van der Waals surface area (Å²) in [5.41, 5.74) is -4.35. The lowest BCUT2D eigenvalue weighted by Gasteiger charge is -2.50. The van der Waals surface area contributed by atoms with E-state index in [1.54, 1.807) is 27.1 Å². The van der Waals surface area contributed by atoms with Crippen molar-refractivity contribution in [3.05, 3.63) is 39.6 Å². The van der Waals surface area contributed by atoms with Gasteiger partial charge in [-0.25, -0.2) is 4.79 Å². The van der Waals surface area contributed by atoms with Crippen molar-refractivity contribution in [2.75, 3.05) is 14.1 Å². The zero-order valence-corrected chi connectivity index (χ0v) is 18.3. The first-order chi connectivity index (χ1) is 14.9. The molecule has 1 aromatic rings. The molecule has 0 bridgehead atoms. The number of aromatic hydroxyl groups is 1. The highest BCUT2D eigenvalue weighted by Gasteiger charge is 2.64. The van der Waals surface area contributed by atoms with E-state index in [-0.39, 0.29) is 34.7 Å². The average Bonchev–Trinajstić information content (AvgIpc) is 3.00. The van der Waals surface area contributed by atoms with Gasteiger partial charge in [-0.3, -0.25) is 14.5 Å². The molecule has 0 aromatic heterocycles. The molecule has 0 radical (unpaired) electrons. The van der Waals surface area contributed by atoms with E-state index in [0.717, 1.165) is 0 Å². The van der Waals surface area contributed by atoms with Gasteiger partial charge in [0.05, 0.1) is 6.04 Å². The fourth-order valence-corrected chi connectivity index (χ4v) is 5.76. The first-order valence-corrected chi connectivity index (χ1v) is 10.3. The monoisotopic (exact) mass is 460 g/mol. The Labute approximate surface area is 188 Å². The summed E-state index contributed by atoms with van der Waals surface area (Å²) in [5.74, 6) is -5.39. The summed E-state index contributed by atoms with van der Waals surface area (Å²) in [7, 11) is 3.13. The van der Waals surface area contributed by atoms with Gasteiger partial charge in [0.1, 0.15) is 28.6 Å². The van der Waals surface area contributed by atoms with Gasteiger partial charge in [0.15, 0.2) is 22.9 Å². The number of carbonyl (C=O) groups is 3. The lowest BCUT2D eigenvalue weighted by atomic mass is 9.58. The smallest absolute Gasteiger partial charge is 0.343 e. The number of nitrogens with zero attached hydrogens (tertiary/aromatic N) is 2. The lowest BCUT2D eigenvalue weighted by Crippen LogP contribution is -2.65. The topological polar surface area (TPSA) is 148 Å². The molecule has 2 aliphatic carbocycles. The minimum absolute atomic E-state index is 0.00516. The maximum absolute atomic E-state index is 13.2. The Hall–Kier alpha value is -2.93. The summed E-state index contributed by atoms with van der Waals surface area (Å²) < 4.78 is 5.63. The van der Waals surface area contributed by atoms with Crippen LogP contribution in [-0.2, 0) is 19.9 Å². The molecule has 1 saturated carbocycles. The normalized spacial score (nSPS) is 34.3. The number of esters is 1. The number of hydrogen-bond acceptors (Lipinski definition) is 9. The van der Waals surface area contributed by atoms with Crippen molar-refractivity contribution in [1.82, 2.24) is 4.90 Å². The molecule has 168 valence electrons. The molecular formula is C22H21ClN2O7. The van der Waals surface area contributed by atoms with Gasteiger partial charge in [-0.15, -0.1) is 0 Å².